The van der Waals surface area contributed by atoms with E-state index in [0.717, 1.165) is 20.9 Å². The first kappa shape index (κ1) is 12.1. The Morgan fingerprint density at radius 3 is 2.32 bits per heavy atom. The molecule has 3 nitrogen and oxygen atoms in total. The van der Waals surface area contributed by atoms with Crippen LogP contribution >= 0.6 is 0 Å². The predicted octanol–water partition coefficient (Wildman–Crippen LogP) is 2.56. The van der Waals surface area contributed by atoms with Crippen LogP contribution in [0, 0.1) is 4.32 Å². The van der Waals surface area contributed by atoms with Gasteiger partial charge in [0, 0.05) is 0 Å². The van der Waals surface area contributed by atoms with Gasteiger partial charge in [-0.1, -0.05) is 0 Å². The zero-order chi connectivity index (χ0) is 13.2. The van der Waals surface area contributed by atoms with Crippen molar-refractivity contribution in [3.05, 3.63) is 64.5 Å². The van der Waals surface area contributed by atoms with Crippen molar-refractivity contribution in [1.29, 1.82) is 0 Å². The van der Waals surface area contributed by atoms with E-state index in [1.165, 1.54) is 0 Å². The van der Waals surface area contributed by atoms with E-state index in [4.69, 9.17) is 0 Å². The Morgan fingerprint density at radius 1 is 0.947 bits per heavy atom. The molecule has 0 amide bonds. The minimum absolute atomic E-state index is 0.980. The van der Waals surface area contributed by atoms with Crippen LogP contribution in [0.15, 0.2) is 59.7 Å². The molecule has 3 rings (SSSR count). The Morgan fingerprint density at radius 2 is 1.58 bits per heavy atom. The fourth-order valence-electron chi connectivity index (χ4n) is 2.05. The van der Waals surface area contributed by atoms with Crippen LogP contribution < -0.4 is 0 Å². The molecule has 1 aromatic heterocycles. The van der Waals surface area contributed by atoms with Crippen molar-refractivity contribution < 1.29 is 0 Å². The summed E-state index contributed by atoms with van der Waals surface area (Å²) < 4.78 is 4.99. The summed E-state index contributed by atoms with van der Waals surface area (Å²) in [4.78, 5) is 0. The molecule has 0 saturated carbocycles. The van der Waals surface area contributed by atoms with Crippen LogP contribution in [0.3, 0.4) is 0 Å². The van der Waals surface area contributed by atoms with Gasteiger partial charge in [0.1, 0.15) is 0 Å². The number of rotatable bonds is 2. The van der Waals surface area contributed by atoms with Gasteiger partial charge in [0.15, 0.2) is 0 Å². The molecule has 19 heavy (non-hydrogen) atoms. The van der Waals surface area contributed by atoms with Crippen LogP contribution in [0.2, 0.25) is 0 Å². The van der Waals surface area contributed by atoms with Gasteiger partial charge in [-0.15, -0.1) is 0 Å². The van der Waals surface area contributed by atoms with Gasteiger partial charge < -0.3 is 0 Å². The monoisotopic (exact) mass is 315 g/mol. The van der Waals surface area contributed by atoms with Gasteiger partial charge in [-0.2, -0.15) is 0 Å². The summed E-state index contributed by atoms with van der Waals surface area (Å²) in [5.41, 5.74) is 3.33. The Balaban J connectivity index is 2.14. The maximum atomic E-state index is 4.56. The molecule has 0 aliphatic heterocycles. The van der Waals surface area contributed by atoms with Gasteiger partial charge in [0.05, 0.1) is 0 Å². The van der Waals surface area contributed by atoms with E-state index < -0.39 is 0 Å². The predicted molar refractivity (Wildman–Crippen MR) is 79.3 cm³/mol. The molecule has 0 atom stereocenters. The second-order valence-electron chi connectivity index (χ2n) is 4.30. The zero-order valence-corrected chi connectivity index (χ0v) is 12.2. The van der Waals surface area contributed by atoms with Crippen LogP contribution in [-0.4, -0.2) is 31.0 Å². The molecule has 1 heterocycles. The molecule has 2 aromatic carbocycles. The molecule has 0 unspecified atom stereocenters. The molecule has 0 aliphatic carbocycles. The normalized spacial score (nSPS) is 11.4. The molecule has 0 saturated heterocycles. The Labute approximate surface area is 119 Å². The quantitative estimate of drug-likeness (QED) is 0.512. The van der Waals surface area contributed by atoms with Crippen LogP contribution in [0.25, 0.3) is 11.0 Å². The Hall–Kier alpha value is -1.90. The van der Waals surface area contributed by atoms with E-state index in [2.05, 4.69) is 37.4 Å². The number of benzene rings is 2. The summed E-state index contributed by atoms with van der Waals surface area (Å²) in [6.07, 6.45) is 1.87. The topological polar surface area (TPSA) is 22.2 Å². The fourth-order valence-corrected chi connectivity index (χ4v) is 2.56. The van der Waals surface area contributed by atoms with Crippen molar-refractivity contribution in [2.45, 2.75) is 0 Å². The molecular weight excluding hydrogens is 301 g/mol. The molecule has 94 valence electrons. The fraction of sp³-hybridized carbons (Fsp3) is 0.0667. The van der Waals surface area contributed by atoms with E-state index >= 15 is 0 Å². The standard InChI is InChI=1S/C15H13N3Se/c1-17-13-9-5-6-10-14(13)18(15(17)19)16-11-12-7-3-2-4-8-12/h2-11H,1H3/b16-11+. The van der Waals surface area contributed by atoms with E-state index in [1.807, 2.05) is 60.4 Å². The van der Waals surface area contributed by atoms with Gasteiger partial charge in [-0.05, 0) is 0 Å². The first-order valence-corrected chi connectivity index (χ1v) is 6.89. The molecular formula is C15H13N3Se. The van der Waals surface area contributed by atoms with Crippen LogP contribution in [0.1, 0.15) is 5.56 Å². The molecule has 0 fully saturated rings. The Bertz CT molecular complexity index is 797. The number of nitrogens with zero attached hydrogens (tertiary/aromatic N) is 3. The van der Waals surface area contributed by atoms with E-state index in [9.17, 15) is 0 Å². The third-order valence-electron chi connectivity index (χ3n) is 3.06. The zero-order valence-electron chi connectivity index (χ0n) is 10.5. The number of hydrogen-bond acceptors (Lipinski definition) is 1. The third-order valence-corrected chi connectivity index (χ3v) is 4.00. The van der Waals surface area contributed by atoms with Crippen molar-refractivity contribution >= 4 is 32.8 Å². The Kier molecular flexibility index (Phi) is 3.20. The second kappa shape index (κ2) is 5.00. The van der Waals surface area contributed by atoms with Gasteiger partial charge >= 0.3 is 119 Å². The van der Waals surface area contributed by atoms with Crippen LogP contribution in [0.4, 0.5) is 0 Å². The van der Waals surface area contributed by atoms with Crippen molar-refractivity contribution in [2.24, 2.45) is 12.1 Å². The molecule has 0 spiro atoms. The number of aromatic nitrogens is 2. The van der Waals surface area contributed by atoms with Gasteiger partial charge in [-0.25, -0.2) is 0 Å². The minimum atomic E-state index is 0.980. The summed E-state index contributed by atoms with van der Waals surface area (Å²) in [7, 11) is 2.03. The molecule has 0 aliphatic rings. The first-order chi connectivity index (χ1) is 9.27. The van der Waals surface area contributed by atoms with Gasteiger partial charge in [0.2, 0.25) is 0 Å². The molecule has 4 heteroatoms. The van der Waals surface area contributed by atoms with Crippen molar-refractivity contribution in [1.82, 2.24) is 9.24 Å². The summed E-state index contributed by atoms with van der Waals surface area (Å²) in [6.45, 7) is 0. The number of imidazole rings is 1. The van der Waals surface area contributed by atoms with Crippen LogP contribution in [0.5, 0.6) is 0 Å². The summed E-state index contributed by atoms with van der Waals surface area (Å²) in [5.74, 6) is 0. The SMILES string of the molecule is Cn1c(=[Se])n(/N=C/c2ccccc2)c2ccccc21. The van der Waals surface area contributed by atoms with Gasteiger partial charge in [-0.3, -0.25) is 0 Å². The van der Waals surface area contributed by atoms with Crippen molar-refractivity contribution in [2.75, 3.05) is 0 Å². The van der Waals surface area contributed by atoms with Gasteiger partial charge in [0.25, 0.3) is 0 Å². The molecule has 0 bridgehead atoms. The van der Waals surface area contributed by atoms with E-state index in [0.29, 0.717) is 0 Å². The molecule has 0 radical (unpaired) electrons. The number of aryl methyl sites for hydroxylation is 1. The number of para-hydroxylation sites is 2. The first-order valence-electron chi connectivity index (χ1n) is 6.03. The third kappa shape index (κ3) is 2.20. The number of fused-ring (bicyclic) bond motifs is 1. The van der Waals surface area contributed by atoms with Crippen molar-refractivity contribution in [3.8, 4) is 0 Å². The average molecular weight is 314 g/mol. The van der Waals surface area contributed by atoms with E-state index in [-0.39, 0.29) is 0 Å². The molecule has 0 N–H and O–H groups in total. The summed E-state index contributed by atoms with van der Waals surface area (Å²) in [5, 5.41) is 4.56. The number of hydrogen-bond donors (Lipinski definition) is 0. The van der Waals surface area contributed by atoms with Crippen LogP contribution in [-0.2, 0) is 7.05 Å². The summed E-state index contributed by atoms with van der Waals surface area (Å²) in [6, 6.07) is 18.3. The second-order valence-corrected chi connectivity index (χ2v) is 5.06. The summed E-state index contributed by atoms with van der Waals surface area (Å²) >= 11 is 3.08. The maximum absolute atomic E-state index is 4.56. The van der Waals surface area contributed by atoms with Crippen molar-refractivity contribution in [3.63, 3.8) is 0 Å². The van der Waals surface area contributed by atoms with E-state index in [1.54, 1.807) is 0 Å². The average Bonchev–Trinajstić information content (AvgIpc) is 2.71. The molecule has 3 aromatic rings.